The van der Waals surface area contributed by atoms with Gasteiger partial charge in [-0.3, -0.25) is 9.55 Å². The van der Waals surface area contributed by atoms with Crippen LogP contribution in [0, 0.1) is 0 Å². The summed E-state index contributed by atoms with van der Waals surface area (Å²) in [5.41, 5.74) is 0.886. The topological polar surface area (TPSA) is 166 Å². The van der Waals surface area contributed by atoms with Crippen molar-refractivity contribution in [3.63, 3.8) is 0 Å². The normalized spacial score (nSPS) is 23.8. The number of methoxy groups -OCH3 is 2. The van der Waals surface area contributed by atoms with E-state index in [4.69, 9.17) is 14.2 Å². The maximum atomic E-state index is 12.7. The maximum Gasteiger partial charge on any atom is 0.387 e. The average Bonchev–Trinajstić information content (AvgIpc) is 3.22. The van der Waals surface area contributed by atoms with Crippen LogP contribution in [0.15, 0.2) is 35.6 Å². The molecule has 0 amide bonds. The van der Waals surface area contributed by atoms with Gasteiger partial charge in [-0.25, -0.2) is 9.78 Å². The minimum atomic E-state index is -3.07. The highest BCUT2D eigenvalue weighted by atomic mass is 32.2. The van der Waals surface area contributed by atoms with E-state index in [0.29, 0.717) is 17.2 Å². The van der Waals surface area contributed by atoms with Crippen LogP contribution in [0.5, 0.6) is 17.2 Å². The smallest absolute Gasteiger partial charge is 0.387 e. The molecule has 1 aromatic carbocycles. The number of rotatable bonds is 9. The van der Waals surface area contributed by atoms with E-state index in [0.717, 1.165) is 11.8 Å². The lowest BCUT2D eigenvalue weighted by Gasteiger charge is -2.39. The highest BCUT2D eigenvalue weighted by Gasteiger charge is 2.48. The van der Waals surface area contributed by atoms with Crippen molar-refractivity contribution in [2.45, 2.75) is 48.2 Å². The van der Waals surface area contributed by atoms with E-state index in [2.05, 4.69) is 14.7 Å². The van der Waals surface area contributed by atoms with Crippen molar-refractivity contribution in [3.8, 4) is 17.2 Å². The van der Waals surface area contributed by atoms with Gasteiger partial charge in [0.2, 0.25) is 0 Å². The van der Waals surface area contributed by atoms with Gasteiger partial charge in [-0.1, -0.05) is 11.8 Å². The van der Waals surface area contributed by atoms with E-state index in [1.807, 2.05) is 0 Å². The van der Waals surface area contributed by atoms with Gasteiger partial charge in [-0.15, -0.1) is 0 Å². The quantitative estimate of drug-likeness (QED) is 0.287. The summed E-state index contributed by atoms with van der Waals surface area (Å²) in [6.45, 7) is -3.07. The first kappa shape index (κ1) is 26.8. The number of carbonyl (C=O) groups is 1. The summed E-state index contributed by atoms with van der Waals surface area (Å²) in [6.07, 6.45) is -7.38. The van der Waals surface area contributed by atoms with Crippen molar-refractivity contribution in [1.29, 1.82) is 0 Å². The lowest BCUT2D eigenvalue weighted by atomic mass is 9.98. The molecule has 12 nitrogen and oxygen atoms in total. The molecule has 3 heterocycles. The fraction of sp³-hybridized carbons (Fsp3) is 0.409. The molecule has 3 aromatic rings. The van der Waals surface area contributed by atoms with E-state index >= 15 is 0 Å². The van der Waals surface area contributed by atoms with E-state index in [-0.39, 0.29) is 27.7 Å². The minimum absolute atomic E-state index is 0.153. The van der Waals surface area contributed by atoms with Gasteiger partial charge in [0.15, 0.2) is 29.0 Å². The van der Waals surface area contributed by atoms with Crippen LogP contribution in [0.25, 0.3) is 11.0 Å². The molecule has 15 heteroatoms. The molecule has 37 heavy (non-hydrogen) atoms. The second-order valence-electron chi connectivity index (χ2n) is 7.83. The van der Waals surface area contributed by atoms with E-state index < -0.39 is 43.2 Å². The number of aliphatic carboxylic acids is 1. The summed E-state index contributed by atoms with van der Waals surface area (Å²) in [4.78, 5) is 20.4. The number of pyridine rings is 1. The van der Waals surface area contributed by atoms with Gasteiger partial charge in [0.05, 0.1) is 30.9 Å². The number of carboxylic acid groups (broad SMARTS) is 1. The number of ether oxygens (including phenoxy) is 4. The summed E-state index contributed by atoms with van der Waals surface area (Å²) in [7, 11) is 2.91. The molecule has 1 aliphatic heterocycles. The fourth-order valence-electron chi connectivity index (χ4n) is 3.95. The van der Waals surface area contributed by atoms with Gasteiger partial charge in [-0.05, 0) is 12.1 Å². The molecule has 4 N–H and O–H groups in total. The van der Waals surface area contributed by atoms with Crippen molar-refractivity contribution >= 4 is 28.8 Å². The number of hydrogen-bond acceptors (Lipinski definition) is 11. The Labute approximate surface area is 212 Å². The summed E-state index contributed by atoms with van der Waals surface area (Å²) in [5, 5.41) is 40.8. The summed E-state index contributed by atoms with van der Waals surface area (Å²) >= 11 is 1.08. The van der Waals surface area contributed by atoms with Gasteiger partial charge in [0, 0.05) is 24.1 Å². The Bertz CT molecular complexity index is 1280. The number of fused-ring (bicyclic) bond motifs is 1. The highest BCUT2D eigenvalue weighted by Crippen LogP contribution is 2.39. The Morgan fingerprint density at radius 2 is 1.92 bits per heavy atom. The average molecular weight is 544 g/mol. The number of thioether (sulfide) groups is 1. The van der Waals surface area contributed by atoms with Crippen LogP contribution < -0.4 is 14.2 Å². The summed E-state index contributed by atoms with van der Waals surface area (Å²) < 4.78 is 47.4. The molecule has 1 fully saturated rings. The first-order valence-corrected chi connectivity index (χ1v) is 11.7. The molecule has 0 unspecified atom stereocenters. The van der Waals surface area contributed by atoms with E-state index in [9.17, 15) is 34.0 Å². The second kappa shape index (κ2) is 11.0. The van der Waals surface area contributed by atoms with Gasteiger partial charge in [-0.2, -0.15) is 8.78 Å². The number of aromatic nitrogens is 3. The van der Waals surface area contributed by atoms with Crippen molar-refractivity contribution in [2.75, 3.05) is 14.2 Å². The molecule has 2 aromatic heterocycles. The third-order valence-corrected chi connectivity index (χ3v) is 6.61. The lowest BCUT2D eigenvalue weighted by Crippen LogP contribution is -2.57. The molecular weight excluding hydrogens is 520 g/mol. The molecule has 1 saturated heterocycles. The molecular formula is C22H23F2N3O9S. The number of hydrogen-bond donors (Lipinski definition) is 4. The third kappa shape index (κ3) is 5.26. The summed E-state index contributed by atoms with van der Waals surface area (Å²) in [5.74, 6) is -0.779. The van der Waals surface area contributed by atoms with Crippen molar-refractivity contribution in [3.05, 3.63) is 36.2 Å². The third-order valence-electron chi connectivity index (χ3n) is 5.64. The van der Waals surface area contributed by atoms with Crippen LogP contribution in [-0.4, -0.2) is 86.2 Å². The molecule has 0 bridgehead atoms. The molecule has 1 aliphatic rings. The Morgan fingerprint density at radius 1 is 1.16 bits per heavy atom. The Balaban J connectivity index is 1.78. The van der Waals surface area contributed by atoms with E-state index in [1.165, 1.54) is 43.2 Å². The first-order valence-electron chi connectivity index (χ1n) is 10.7. The van der Waals surface area contributed by atoms with Crippen LogP contribution in [0.2, 0.25) is 0 Å². The molecule has 0 saturated carbocycles. The predicted octanol–water partition coefficient (Wildman–Crippen LogP) is 1.41. The standard InChI is InChI=1S/C22H23F2N3O9S/c1-33-13-5-6-25-11(17(13)34-2)8-37-22-26-10-7-9(35-21(23)24)3-4-12(10)27(22)19-16(30)14(28)15(29)18(36-19)20(31)32/h3-7,14-16,18-19,21,28-30H,8H2,1-2H3,(H,31,32)/t14-,15-,16+,18-,19+/m0/s1. The Morgan fingerprint density at radius 3 is 2.57 bits per heavy atom. The predicted molar refractivity (Wildman–Crippen MR) is 123 cm³/mol. The largest absolute Gasteiger partial charge is 0.493 e. The molecule has 0 aliphatic carbocycles. The van der Waals surface area contributed by atoms with Crippen LogP contribution in [0.3, 0.4) is 0 Å². The summed E-state index contributed by atoms with van der Waals surface area (Å²) in [6, 6.07) is 5.46. The van der Waals surface area contributed by atoms with E-state index in [1.54, 1.807) is 6.07 Å². The maximum absolute atomic E-state index is 12.7. The number of imidazole rings is 1. The number of aliphatic hydroxyl groups excluding tert-OH is 3. The Kier molecular flexibility index (Phi) is 7.99. The molecule has 0 radical (unpaired) electrons. The number of alkyl halides is 2. The number of benzene rings is 1. The number of nitrogens with zero attached hydrogens (tertiary/aromatic N) is 3. The van der Waals surface area contributed by atoms with Crippen molar-refractivity contribution < 1.29 is 52.9 Å². The van der Waals surface area contributed by atoms with Crippen LogP contribution in [-0.2, 0) is 15.3 Å². The van der Waals surface area contributed by atoms with Crippen molar-refractivity contribution in [1.82, 2.24) is 14.5 Å². The second-order valence-corrected chi connectivity index (χ2v) is 8.77. The fourth-order valence-corrected chi connectivity index (χ4v) is 4.92. The minimum Gasteiger partial charge on any atom is -0.493 e. The van der Waals surface area contributed by atoms with Gasteiger partial charge in [0.1, 0.15) is 24.1 Å². The molecule has 0 spiro atoms. The number of carboxylic acids is 1. The van der Waals surface area contributed by atoms with Crippen molar-refractivity contribution in [2.24, 2.45) is 0 Å². The molecule has 200 valence electrons. The molecule has 5 atom stereocenters. The SMILES string of the molecule is COc1ccnc(CSc2nc3cc(OC(F)F)ccc3n2[C@@H]2O[C@H](C(=O)O)[C@@H](O)[C@H](O)[C@H]2O)c1OC. The van der Waals surface area contributed by atoms with Crippen LogP contribution >= 0.6 is 11.8 Å². The van der Waals surface area contributed by atoms with Gasteiger partial charge < -0.3 is 39.4 Å². The lowest BCUT2D eigenvalue weighted by molar-refractivity contribution is -0.247. The van der Waals surface area contributed by atoms with Crippen LogP contribution in [0.1, 0.15) is 11.9 Å². The van der Waals surface area contributed by atoms with Gasteiger partial charge >= 0.3 is 12.6 Å². The Hall–Kier alpha value is -3.24. The zero-order chi connectivity index (χ0) is 26.9. The van der Waals surface area contributed by atoms with Gasteiger partial charge in [0.25, 0.3) is 0 Å². The zero-order valence-electron chi connectivity index (χ0n) is 19.4. The molecule has 4 rings (SSSR count). The number of halogens is 2. The zero-order valence-corrected chi connectivity index (χ0v) is 20.2. The number of aliphatic hydroxyl groups is 3. The van der Waals surface area contributed by atoms with Crippen LogP contribution in [0.4, 0.5) is 8.78 Å². The highest BCUT2D eigenvalue weighted by molar-refractivity contribution is 7.98. The first-order chi connectivity index (χ1) is 17.7. The monoisotopic (exact) mass is 543 g/mol.